The number of fused-ring (bicyclic) bond motifs is 1. The third-order valence-electron chi connectivity index (χ3n) is 4.54. The number of anilines is 1. The van der Waals surface area contributed by atoms with Crippen molar-refractivity contribution in [3.63, 3.8) is 0 Å². The molecule has 4 aromatic rings. The monoisotopic (exact) mass is 390 g/mol. The van der Waals surface area contributed by atoms with E-state index in [1.165, 1.54) is 17.4 Å². The average Bonchev–Trinajstić information content (AvgIpc) is 3.17. The number of benzene rings is 3. The van der Waals surface area contributed by atoms with Gasteiger partial charge in [0.1, 0.15) is 11.3 Å². The number of carbonyl (C=O) groups is 1. The lowest BCUT2D eigenvalue weighted by molar-refractivity contribution is -0.118. The molecule has 1 amide bonds. The number of thiazole rings is 1. The Balaban J connectivity index is 1.62. The summed E-state index contributed by atoms with van der Waals surface area (Å²) in [6.45, 7) is 0.413. The van der Waals surface area contributed by atoms with Crippen molar-refractivity contribution in [1.29, 1.82) is 0 Å². The number of carbonyl (C=O) groups excluding carboxylic acids is 1. The molecule has 0 saturated carbocycles. The van der Waals surface area contributed by atoms with E-state index in [-0.39, 0.29) is 11.7 Å². The van der Waals surface area contributed by atoms with Crippen molar-refractivity contribution in [2.24, 2.45) is 0 Å². The lowest BCUT2D eigenvalue weighted by Crippen LogP contribution is -2.30. The number of aromatic nitrogens is 1. The molecular formula is C23H19FN2OS. The molecule has 4 rings (SSSR count). The van der Waals surface area contributed by atoms with Crippen LogP contribution in [-0.2, 0) is 17.8 Å². The largest absolute Gasteiger partial charge is 0.284 e. The molecule has 0 radical (unpaired) electrons. The Hall–Kier alpha value is -3.05. The normalized spacial score (nSPS) is 10.9. The SMILES string of the molecule is O=C(CCc1ccccc1)N(Cc1ccccc1)c1nc2c(F)cccc2s1. The Morgan fingerprint density at radius 2 is 1.57 bits per heavy atom. The van der Waals surface area contributed by atoms with Gasteiger partial charge in [0, 0.05) is 6.42 Å². The van der Waals surface area contributed by atoms with E-state index in [0.717, 1.165) is 15.8 Å². The Bertz CT molecular complexity index is 1080. The van der Waals surface area contributed by atoms with E-state index in [1.54, 1.807) is 11.0 Å². The Morgan fingerprint density at radius 3 is 2.25 bits per heavy atom. The topological polar surface area (TPSA) is 33.2 Å². The molecule has 1 heterocycles. The maximum Gasteiger partial charge on any atom is 0.229 e. The fourth-order valence-corrected chi connectivity index (χ4v) is 4.07. The van der Waals surface area contributed by atoms with Crippen molar-refractivity contribution in [3.05, 3.63) is 95.8 Å². The van der Waals surface area contributed by atoms with Gasteiger partial charge in [0.2, 0.25) is 5.91 Å². The van der Waals surface area contributed by atoms with Gasteiger partial charge in [-0.2, -0.15) is 0 Å². The number of aryl methyl sites for hydroxylation is 1. The number of amides is 1. The number of hydrogen-bond donors (Lipinski definition) is 0. The fourth-order valence-electron chi connectivity index (χ4n) is 3.08. The molecule has 0 N–H and O–H groups in total. The van der Waals surface area contributed by atoms with Crippen LogP contribution in [0.1, 0.15) is 17.5 Å². The van der Waals surface area contributed by atoms with Crippen LogP contribution in [0.4, 0.5) is 9.52 Å². The van der Waals surface area contributed by atoms with Crippen molar-refractivity contribution in [2.75, 3.05) is 4.90 Å². The molecule has 5 heteroatoms. The van der Waals surface area contributed by atoms with Gasteiger partial charge in [-0.3, -0.25) is 9.69 Å². The Morgan fingerprint density at radius 1 is 0.893 bits per heavy atom. The first-order valence-electron chi connectivity index (χ1n) is 9.14. The van der Waals surface area contributed by atoms with Gasteiger partial charge >= 0.3 is 0 Å². The molecule has 0 unspecified atom stereocenters. The zero-order chi connectivity index (χ0) is 19.3. The van der Waals surface area contributed by atoms with E-state index in [4.69, 9.17) is 0 Å². The number of hydrogen-bond acceptors (Lipinski definition) is 3. The summed E-state index contributed by atoms with van der Waals surface area (Å²) in [5.74, 6) is -0.386. The molecule has 0 aliphatic carbocycles. The predicted molar refractivity (Wildman–Crippen MR) is 112 cm³/mol. The second kappa shape index (κ2) is 8.31. The van der Waals surface area contributed by atoms with Crippen LogP contribution in [-0.4, -0.2) is 10.9 Å². The van der Waals surface area contributed by atoms with Crippen molar-refractivity contribution >= 4 is 32.6 Å². The van der Waals surface area contributed by atoms with E-state index in [9.17, 15) is 9.18 Å². The Kier molecular flexibility index (Phi) is 5.44. The minimum atomic E-state index is -0.364. The Labute approximate surface area is 167 Å². The molecule has 0 saturated heterocycles. The average molecular weight is 390 g/mol. The highest BCUT2D eigenvalue weighted by atomic mass is 32.1. The highest BCUT2D eigenvalue weighted by Crippen LogP contribution is 2.31. The van der Waals surface area contributed by atoms with Crippen LogP contribution in [0.2, 0.25) is 0 Å². The van der Waals surface area contributed by atoms with Gasteiger partial charge in [0.05, 0.1) is 11.2 Å². The molecule has 3 nitrogen and oxygen atoms in total. The summed E-state index contributed by atoms with van der Waals surface area (Å²) < 4.78 is 14.8. The first-order valence-corrected chi connectivity index (χ1v) is 9.95. The molecule has 0 atom stereocenters. The van der Waals surface area contributed by atoms with Gasteiger partial charge in [-0.1, -0.05) is 78.1 Å². The first kappa shape index (κ1) is 18.3. The van der Waals surface area contributed by atoms with Gasteiger partial charge in [-0.05, 0) is 29.7 Å². The maximum absolute atomic E-state index is 14.1. The smallest absolute Gasteiger partial charge is 0.229 e. The highest BCUT2D eigenvalue weighted by molar-refractivity contribution is 7.22. The number of para-hydroxylation sites is 1. The molecule has 0 aliphatic heterocycles. The molecule has 0 aliphatic rings. The van der Waals surface area contributed by atoms with E-state index >= 15 is 0 Å². The van der Waals surface area contributed by atoms with Crippen LogP contribution in [0.5, 0.6) is 0 Å². The van der Waals surface area contributed by atoms with Gasteiger partial charge < -0.3 is 0 Å². The molecular weight excluding hydrogens is 371 g/mol. The lowest BCUT2D eigenvalue weighted by Gasteiger charge is -2.20. The summed E-state index contributed by atoms with van der Waals surface area (Å²) in [5.41, 5.74) is 2.44. The quantitative estimate of drug-likeness (QED) is 0.429. The fraction of sp³-hybridized carbons (Fsp3) is 0.130. The number of rotatable bonds is 6. The third-order valence-corrected chi connectivity index (χ3v) is 5.59. The van der Waals surface area contributed by atoms with Crippen LogP contribution in [0, 0.1) is 5.82 Å². The summed E-state index contributed by atoms with van der Waals surface area (Å²) in [5, 5.41) is 0.530. The summed E-state index contributed by atoms with van der Waals surface area (Å²) in [6, 6.07) is 24.6. The molecule has 140 valence electrons. The summed E-state index contributed by atoms with van der Waals surface area (Å²) >= 11 is 1.34. The summed E-state index contributed by atoms with van der Waals surface area (Å²) in [6.07, 6.45) is 1.03. The summed E-state index contributed by atoms with van der Waals surface area (Å²) in [7, 11) is 0. The highest BCUT2D eigenvalue weighted by Gasteiger charge is 2.21. The number of halogens is 1. The molecule has 3 aromatic carbocycles. The molecule has 1 aromatic heterocycles. The van der Waals surface area contributed by atoms with Gasteiger partial charge in [0.15, 0.2) is 5.13 Å². The zero-order valence-electron chi connectivity index (χ0n) is 15.2. The van der Waals surface area contributed by atoms with E-state index in [1.807, 2.05) is 66.7 Å². The second-order valence-electron chi connectivity index (χ2n) is 6.53. The minimum absolute atomic E-state index is 0.0211. The molecule has 0 spiro atoms. The second-order valence-corrected chi connectivity index (χ2v) is 7.54. The van der Waals surface area contributed by atoms with Gasteiger partial charge in [0.25, 0.3) is 0 Å². The van der Waals surface area contributed by atoms with Crippen LogP contribution >= 0.6 is 11.3 Å². The predicted octanol–water partition coefficient (Wildman–Crippen LogP) is 5.60. The van der Waals surface area contributed by atoms with Crippen molar-refractivity contribution < 1.29 is 9.18 Å². The minimum Gasteiger partial charge on any atom is -0.284 e. The van der Waals surface area contributed by atoms with E-state index < -0.39 is 0 Å². The summed E-state index contributed by atoms with van der Waals surface area (Å²) in [4.78, 5) is 19.2. The van der Waals surface area contributed by atoms with Crippen LogP contribution in [0.25, 0.3) is 10.2 Å². The molecule has 0 bridgehead atoms. The van der Waals surface area contributed by atoms with E-state index in [2.05, 4.69) is 4.98 Å². The number of nitrogens with zero attached hydrogens (tertiary/aromatic N) is 2. The van der Waals surface area contributed by atoms with Crippen molar-refractivity contribution in [3.8, 4) is 0 Å². The van der Waals surface area contributed by atoms with E-state index in [0.29, 0.717) is 30.0 Å². The molecule has 0 fully saturated rings. The first-order chi connectivity index (χ1) is 13.7. The van der Waals surface area contributed by atoms with Crippen LogP contribution in [0.15, 0.2) is 78.9 Å². The van der Waals surface area contributed by atoms with Crippen LogP contribution in [0.3, 0.4) is 0 Å². The standard InChI is InChI=1S/C23H19FN2OS/c24-19-12-7-13-20-22(19)25-23(28-20)26(16-18-10-5-2-6-11-18)21(27)15-14-17-8-3-1-4-9-17/h1-13H,14-16H2. The van der Waals surface area contributed by atoms with Crippen molar-refractivity contribution in [2.45, 2.75) is 19.4 Å². The van der Waals surface area contributed by atoms with Crippen LogP contribution < -0.4 is 4.90 Å². The zero-order valence-corrected chi connectivity index (χ0v) is 16.0. The molecule has 28 heavy (non-hydrogen) atoms. The maximum atomic E-state index is 14.1. The van der Waals surface area contributed by atoms with Crippen molar-refractivity contribution in [1.82, 2.24) is 4.98 Å². The third kappa shape index (κ3) is 4.10. The lowest BCUT2D eigenvalue weighted by atomic mass is 10.1. The van der Waals surface area contributed by atoms with Gasteiger partial charge in [-0.25, -0.2) is 9.37 Å². The van der Waals surface area contributed by atoms with Gasteiger partial charge in [-0.15, -0.1) is 0 Å².